The van der Waals surface area contributed by atoms with Gasteiger partial charge in [-0.2, -0.15) is 11.8 Å². The van der Waals surface area contributed by atoms with E-state index < -0.39 is 0 Å². The van der Waals surface area contributed by atoms with E-state index in [0.29, 0.717) is 29.1 Å². The van der Waals surface area contributed by atoms with Crippen LogP contribution in [0.1, 0.15) is 58.8 Å². The molecule has 1 aliphatic carbocycles. The fourth-order valence-corrected chi connectivity index (χ4v) is 6.76. The number of ether oxygens (including phenoxy) is 1. The average molecular weight is 427 g/mol. The fourth-order valence-electron chi connectivity index (χ4n) is 5.93. The van der Waals surface area contributed by atoms with E-state index >= 15 is 0 Å². The number of hydrogen-bond acceptors (Lipinski definition) is 5. The molecule has 3 saturated heterocycles. The van der Waals surface area contributed by atoms with E-state index in [1.165, 1.54) is 50.8 Å². The van der Waals surface area contributed by atoms with Gasteiger partial charge in [0.25, 0.3) is 6.47 Å². The Hall–Kier alpha value is -0.790. The van der Waals surface area contributed by atoms with Gasteiger partial charge in [-0.05, 0) is 36.9 Å². The van der Waals surface area contributed by atoms with Gasteiger partial charge < -0.3 is 15.2 Å². The van der Waals surface area contributed by atoms with Crippen molar-refractivity contribution in [2.75, 3.05) is 31.9 Å². The lowest BCUT2D eigenvalue weighted by atomic mass is 9.73. The van der Waals surface area contributed by atoms with Crippen molar-refractivity contribution in [2.45, 2.75) is 75.7 Å². The second kappa shape index (κ2) is 10.5. The second-order valence-corrected chi connectivity index (χ2v) is 11.1. The van der Waals surface area contributed by atoms with E-state index in [1.54, 1.807) is 0 Å². The molecular formula is C22H38N2O4S. The summed E-state index contributed by atoms with van der Waals surface area (Å²) < 4.78 is 6.52. The predicted octanol–water partition coefficient (Wildman–Crippen LogP) is 3.00. The summed E-state index contributed by atoms with van der Waals surface area (Å²) in [5.74, 6) is 3.28. The molecule has 1 saturated carbocycles. The third-order valence-corrected chi connectivity index (χ3v) is 8.28. The number of fused-ring (bicyclic) bond motifs is 1. The number of carbonyl (C=O) groups is 2. The van der Waals surface area contributed by atoms with E-state index in [1.807, 2.05) is 0 Å². The van der Waals surface area contributed by atoms with Gasteiger partial charge >= 0.3 is 0 Å². The summed E-state index contributed by atoms with van der Waals surface area (Å²) in [6, 6.07) is 0. The van der Waals surface area contributed by atoms with Gasteiger partial charge in [-0.1, -0.05) is 26.7 Å². The van der Waals surface area contributed by atoms with Crippen molar-refractivity contribution in [3.63, 3.8) is 0 Å². The molecule has 29 heavy (non-hydrogen) atoms. The highest BCUT2D eigenvalue weighted by Crippen LogP contribution is 2.54. The molecule has 2 N–H and O–H groups in total. The Labute approximate surface area is 179 Å². The minimum absolute atomic E-state index is 0.105. The number of likely N-dealkylation sites (tertiary alicyclic amines) is 1. The summed E-state index contributed by atoms with van der Waals surface area (Å²) in [6.45, 7) is 8.58. The Morgan fingerprint density at radius 1 is 1.34 bits per heavy atom. The molecule has 4 rings (SSSR count). The van der Waals surface area contributed by atoms with Crippen LogP contribution in [0.5, 0.6) is 0 Å². The first-order chi connectivity index (χ1) is 14.0. The fraction of sp³-hybridized carbons (Fsp3) is 0.909. The SMILES string of the molecule is CC(C)SCCN1C[C@@H]2[C@H](CNC(=O)CC3CCCC3)[C@H]3CC[C@]2(C1)O3.O=CO. The standard InChI is InChI=1S/C21H36N2O2S.CH2O2/c1-15(2)26-10-9-23-13-18-17(19-7-8-21(18,14-23)25-19)12-22-20(24)11-16-5-3-4-6-16;2-1-3/h15-19H,3-14H2,1-2H3,(H,22,24);1H,(H,2,3)/t17-,18+,19+,21+;/m0./s1. The van der Waals surface area contributed by atoms with Crippen LogP contribution in [0.15, 0.2) is 0 Å². The molecule has 1 spiro atoms. The molecule has 3 aliphatic heterocycles. The third kappa shape index (κ3) is 5.67. The number of rotatable bonds is 8. The number of thioether (sulfide) groups is 1. The van der Waals surface area contributed by atoms with Crippen LogP contribution in [-0.2, 0) is 14.3 Å². The molecule has 0 aromatic carbocycles. The first kappa shape index (κ1) is 22.9. The monoisotopic (exact) mass is 426 g/mol. The Morgan fingerprint density at radius 2 is 2.07 bits per heavy atom. The highest BCUT2D eigenvalue weighted by molar-refractivity contribution is 7.99. The van der Waals surface area contributed by atoms with Crippen LogP contribution in [0, 0.1) is 17.8 Å². The van der Waals surface area contributed by atoms with Gasteiger partial charge in [0.1, 0.15) is 0 Å². The van der Waals surface area contributed by atoms with Crippen molar-refractivity contribution >= 4 is 24.1 Å². The van der Waals surface area contributed by atoms with Crippen LogP contribution < -0.4 is 5.32 Å². The maximum atomic E-state index is 12.4. The summed E-state index contributed by atoms with van der Waals surface area (Å²) >= 11 is 2.05. The summed E-state index contributed by atoms with van der Waals surface area (Å²) in [7, 11) is 0. The lowest BCUT2D eigenvalue weighted by Gasteiger charge is -2.29. The Balaban J connectivity index is 0.000000755. The molecule has 0 aromatic rings. The zero-order valence-electron chi connectivity index (χ0n) is 18.0. The predicted molar refractivity (Wildman–Crippen MR) is 116 cm³/mol. The molecule has 4 fully saturated rings. The van der Waals surface area contributed by atoms with E-state index in [4.69, 9.17) is 14.6 Å². The Bertz CT molecular complexity index is 555. The van der Waals surface area contributed by atoms with E-state index in [-0.39, 0.29) is 18.0 Å². The minimum Gasteiger partial charge on any atom is -0.483 e. The maximum absolute atomic E-state index is 12.4. The first-order valence-corrected chi connectivity index (χ1v) is 12.4. The number of nitrogens with one attached hydrogen (secondary N) is 1. The zero-order chi connectivity index (χ0) is 20.9. The summed E-state index contributed by atoms with van der Waals surface area (Å²) in [5.41, 5.74) is 0.105. The summed E-state index contributed by atoms with van der Waals surface area (Å²) in [6.07, 6.45) is 8.66. The number of carboxylic acid groups (broad SMARTS) is 1. The number of carbonyl (C=O) groups excluding carboxylic acids is 1. The summed E-state index contributed by atoms with van der Waals surface area (Å²) in [4.78, 5) is 23.3. The molecule has 166 valence electrons. The van der Waals surface area contributed by atoms with Crippen LogP contribution >= 0.6 is 11.8 Å². The van der Waals surface area contributed by atoms with Crippen LogP contribution in [0.4, 0.5) is 0 Å². The summed E-state index contributed by atoms with van der Waals surface area (Å²) in [5, 5.41) is 10.9. The Morgan fingerprint density at radius 3 is 2.76 bits per heavy atom. The number of hydrogen-bond donors (Lipinski definition) is 2. The Kier molecular flexibility index (Phi) is 8.28. The van der Waals surface area contributed by atoms with Crippen LogP contribution in [0.25, 0.3) is 0 Å². The van der Waals surface area contributed by atoms with Crippen molar-refractivity contribution in [1.29, 1.82) is 0 Å². The van der Waals surface area contributed by atoms with Crippen molar-refractivity contribution < 1.29 is 19.4 Å². The highest BCUT2D eigenvalue weighted by atomic mass is 32.2. The largest absolute Gasteiger partial charge is 0.483 e. The molecule has 4 aliphatic rings. The lowest BCUT2D eigenvalue weighted by molar-refractivity contribution is -0.123. The van der Waals surface area contributed by atoms with Crippen LogP contribution in [-0.4, -0.2) is 71.3 Å². The van der Waals surface area contributed by atoms with Gasteiger partial charge in [-0.15, -0.1) is 0 Å². The highest BCUT2D eigenvalue weighted by Gasteiger charge is 2.62. The first-order valence-electron chi connectivity index (χ1n) is 11.3. The van der Waals surface area contributed by atoms with Gasteiger partial charge in [0.15, 0.2) is 0 Å². The average Bonchev–Trinajstić information content (AvgIpc) is 3.41. The molecule has 0 unspecified atom stereocenters. The molecule has 4 atom stereocenters. The van der Waals surface area contributed by atoms with Crippen molar-refractivity contribution in [3.8, 4) is 0 Å². The molecule has 1 amide bonds. The topological polar surface area (TPSA) is 78.9 Å². The molecule has 7 heteroatoms. The van der Waals surface area contributed by atoms with Gasteiger partial charge in [-0.3, -0.25) is 14.5 Å². The second-order valence-electron chi connectivity index (χ2n) is 9.45. The molecule has 6 nitrogen and oxygen atoms in total. The third-order valence-electron chi connectivity index (χ3n) is 7.20. The normalized spacial score (nSPS) is 33.6. The molecule has 3 heterocycles. The molecule has 0 aromatic heterocycles. The zero-order valence-corrected chi connectivity index (χ0v) is 18.8. The quantitative estimate of drug-likeness (QED) is 0.581. The van der Waals surface area contributed by atoms with Crippen LogP contribution in [0.3, 0.4) is 0 Å². The van der Waals surface area contributed by atoms with E-state index in [0.717, 1.165) is 26.1 Å². The van der Waals surface area contributed by atoms with E-state index in [9.17, 15) is 4.79 Å². The minimum atomic E-state index is -0.250. The van der Waals surface area contributed by atoms with E-state index in [2.05, 4.69) is 35.8 Å². The van der Waals surface area contributed by atoms with Crippen molar-refractivity contribution in [1.82, 2.24) is 10.2 Å². The van der Waals surface area contributed by atoms with Crippen LogP contribution in [0.2, 0.25) is 0 Å². The molecule has 0 radical (unpaired) electrons. The smallest absolute Gasteiger partial charge is 0.290 e. The number of nitrogens with zero attached hydrogens (tertiary/aromatic N) is 1. The lowest BCUT2D eigenvalue weighted by Crippen LogP contribution is -2.42. The van der Waals surface area contributed by atoms with Crippen molar-refractivity contribution in [2.24, 2.45) is 17.8 Å². The molecular weight excluding hydrogens is 388 g/mol. The van der Waals surface area contributed by atoms with Crippen molar-refractivity contribution in [3.05, 3.63) is 0 Å². The van der Waals surface area contributed by atoms with Gasteiger partial charge in [-0.25, -0.2) is 0 Å². The maximum Gasteiger partial charge on any atom is 0.290 e. The molecule has 2 bridgehead atoms. The number of amides is 1. The van der Waals surface area contributed by atoms with Gasteiger partial charge in [0.05, 0.1) is 11.7 Å². The van der Waals surface area contributed by atoms with Gasteiger partial charge in [0, 0.05) is 50.2 Å². The van der Waals surface area contributed by atoms with Gasteiger partial charge in [0.2, 0.25) is 5.91 Å².